The van der Waals surface area contributed by atoms with Gasteiger partial charge in [0.25, 0.3) is 0 Å². The second-order valence-electron chi connectivity index (χ2n) is 4.15. The van der Waals surface area contributed by atoms with Crippen LogP contribution in [0, 0.1) is 0 Å². The number of primary sulfonamides is 1. The van der Waals surface area contributed by atoms with E-state index in [0.29, 0.717) is 6.04 Å². The quantitative estimate of drug-likeness (QED) is 0.705. The Hall–Kier alpha value is -1.11. The molecule has 5 N–H and O–H groups in total. The summed E-state index contributed by atoms with van der Waals surface area (Å²) < 4.78 is 22.3. The zero-order valence-electron chi connectivity index (χ0n) is 8.76. The van der Waals surface area contributed by atoms with Crippen LogP contribution in [0.1, 0.15) is 12.8 Å². The number of nitrogens with two attached hydrogens (primary N) is 2. The second-order valence-corrected chi connectivity index (χ2v) is 5.71. The van der Waals surface area contributed by atoms with Crippen molar-refractivity contribution >= 4 is 15.7 Å². The Bertz CT molecular complexity index is 481. The van der Waals surface area contributed by atoms with Crippen LogP contribution in [0.4, 0.5) is 5.69 Å². The smallest absolute Gasteiger partial charge is 0.238 e. The van der Waals surface area contributed by atoms with E-state index in [0.717, 1.165) is 18.5 Å². The van der Waals surface area contributed by atoms with Gasteiger partial charge in [0, 0.05) is 17.8 Å². The van der Waals surface area contributed by atoms with E-state index in [1.54, 1.807) is 12.1 Å². The molecule has 1 saturated carbocycles. The van der Waals surface area contributed by atoms with E-state index in [1.165, 1.54) is 6.07 Å². The summed E-state index contributed by atoms with van der Waals surface area (Å²) in [5, 5.41) is 8.27. The molecular formula is C10H15N3O2S. The highest BCUT2D eigenvalue weighted by molar-refractivity contribution is 7.89. The molecule has 1 aliphatic rings. The molecule has 0 amide bonds. The van der Waals surface area contributed by atoms with Gasteiger partial charge in [-0.3, -0.25) is 0 Å². The highest BCUT2D eigenvalue weighted by Gasteiger charge is 2.25. The van der Waals surface area contributed by atoms with E-state index in [4.69, 9.17) is 10.9 Å². The molecule has 0 spiro atoms. The molecular weight excluding hydrogens is 226 g/mol. The summed E-state index contributed by atoms with van der Waals surface area (Å²) in [6.07, 6.45) is 1.83. The Kier molecular flexibility index (Phi) is 2.88. The number of benzene rings is 1. The number of rotatable bonds is 3. The molecule has 1 aliphatic carbocycles. The molecule has 1 fully saturated rings. The molecule has 88 valence electrons. The van der Waals surface area contributed by atoms with Crippen LogP contribution in [-0.4, -0.2) is 20.5 Å². The van der Waals surface area contributed by atoms with Crippen molar-refractivity contribution in [1.29, 1.82) is 0 Å². The Morgan fingerprint density at radius 2 is 2.00 bits per heavy atom. The standard InChI is InChI=1S/C10H15N3O2S/c11-7-4-9(5-7)13-8-2-1-3-10(6-8)16(12,14)15/h1-3,6-7,9,13H,4-5,11H2,(H2,12,14,15). The molecule has 0 saturated heterocycles. The predicted octanol–water partition coefficient (Wildman–Crippen LogP) is 0.236. The lowest BCUT2D eigenvalue weighted by Crippen LogP contribution is -2.44. The van der Waals surface area contributed by atoms with Gasteiger partial charge in [-0.05, 0) is 31.0 Å². The summed E-state index contributed by atoms with van der Waals surface area (Å²) in [4.78, 5) is 0.126. The molecule has 0 atom stereocenters. The van der Waals surface area contributed by atoms with Crippen molar-refractivity contribution in [2.45, 2.75) is 29.8 Å². The summed E-state index contributed by atoms with van der Waals surface area (Å²) in [7, 11) is -3.63. The molecule has 0 unspecified atom stereocenters. The third kappa shape index (κ3) is 2.52. The van der Waals surface area contributed by atoms with E-state index in [2.05, 4.69) is 5.32 Å². The fourth-order valence-corrected chi connectivity index (χ4v) is 2.34. The van der Waals surface area contributed by atoms with Gasteiger partial charge >= 0.3 is 0 Å². The fraction of sp³-hybridized carbons (Fsp3) is 0.400. The molecule has 1 aromatic carbocycles. The van der Waals surface area contributed by atoms with Crippen LogP contribution >= 0.6 is 0 Å². The first kappa shape index (κ1) is 11.4. The summed E-state index contributed by atoms with van der Waals surface area (Å²) in [5.41, 5.74) is 6.43. The zero-order chi connectivity index (χ0) is 11.8. The van der Waals surface area contributed by atoms with E-state index in [-0.39, 0.29) is 10.9 Å². The summed E-state index contributed by atoms with van der Waals surface area (Å²) >= 11 is 0. The van der Waals surface area contributed by atoms with Crippen LogP contribution < -0.4 is 16.2 Å². The molecule has 0 radical (unpaired) electrons. The zero-order valence-corrected chi connectivity index (χ0v) is 9.57. The average molecular weight is 241 g/mol. The maximum Gasteiger partial charge on any atom is 0.238 e. The lowest BCUT2D eigenvalue weighted by Gasteiger charge is -2.33. The lowest BCUT2D eigenvalue weighted by atomic mass is 9.87. The van der Waals surface area contributed by atoms with E-state index in [1.807, 2.05) is 6.07 Å². The van der Waals surface area contributed by atoms with Crippen molar-refractivity contribution in [1.82, 2.24) is 0 Å². The highest BCUT2D eigenvalue weighted by Crippen LogP contribution is 2.23. The molecule has 2 rings (SSSR count). The summed E-state index contributed by atoms with van der Waals surface area (Å²) in [6, 6.07) is 7.11. The lowest BCUT2D eigenvalue weighted by molar-refractivity contribution is 0.373. The van der Waals surface area contributed by atoms with Crippen LogP contribution in [0.5, 0.6) is 0 Å². The molecule has 0 aliphatic heterocycles. The van der Waals surface area contributed by atoms with Crippen LogP contribution in [0.25, 0.3) is 0 Å². The normalized spacial score (nSPS) is 24.9. The van der Waals surface area contributed by atoms with Gasteiger partial charge in [-0.1, -0.05) is 6.07 Å². The van der Waals surface area contributed by atoms with Crippen molar-refractivity contribution < 1.29 is 8.42 Å². The van der Waals surface area contributed by atoms with E-state index < -0.39 is 10.0 Å². The fourth-order valence-electron chi connectivity index (χ4n) is 1.78. The van der Waals surface area contributed by atoms with Crippen molar-refractivity contribution in [2.75, 3.05) is 5.32 Å². The molecule has 16 heavy (non-hydrogen) atoms. The number of hydrogen-bond acceptors (Lipinski definition) is 4. The van der Waals surface area contributed by atoms with Gasteiger partial charge in [-0.25, -0.2) is 13.6 Å². The minimum Gasteiger partial charge on any atom is -0.382 e. The first-order valence-corrected chi connectivity index (χ1v) is 6.65. The van der Waals surface area contributed by atoms with Crippen LogP contribution in [0.3, 0.4) is 0 Å². The Balaban J connectivity index is 2.11. The van der Waals surface area contributed by atoms with Crippen molar-refractivity contribution in [3.8, 4) is 0 Å². The van der Waals surface area contributed by atoms with Gasteiger partial charge in [-0.2, -0.15) is 0 Å². The summed E-state index contributed by atoms with van der Waals surface area (Å²) in [6.45, 7) is 0. The Morgan fingerprint density at radius 1 is 1.31 bits per heavy atom. The SMILES string of the molecule is NC1CC(Nc2cccc(S(N)(=O)=O)c2)C1. The molecule has 5 nitrogen and oxygen atoms in total. The molecule has 0 heterocycles. The predicted molar refractivity (Wildman–Crippen MR) is 62.4 cm³/mol. The van der Waals surface area contributed by atoms with Crippen LogP contribution in [0.2, 0.25) is 0 Å². The van der Waals surface area contributed by atoms with Crippen molar-refractivity contribution in [2.24, 2.45) is 10.9 Å². The third-order valence-electron chi connectivity index (χ3n) is 2.71. The second kappa shape index (κ2) is 4.04. The number of nitrogens with one attached hydrogen (secondary N) is 1. The van der Waals surface area contributed by atoms with Crippen LogP contribution in [-0.2, 0) is 10.0 Å². The average Bonchev–Trinajstić information content (AvgIpc) is 2.14. The largest absolute Gasteiger partial charge is 0.382 e. The van der Waals surface area contributed by atoms with E-state index >= 15 is 0 Å². The topological polar surface area (TPSA) is 98.2 Å². The highest BCUT2D eigenvalue weighted by atomic mass is 32.2. The maximum absolute atomic E-state index is 11.1. The van der Waals surface area contributed by atoms with Gasteiger partial charge in [0.2, 0.25) is 10.0 Å². The van der Waals surface area contributed by atoms with Gasteiger partial charge in [-0.15, -0.1) is 0 Å². The first-order valence-electron chi connectivity index (χ1n) is 5.10. The monoisotopic (exact) mass is 241 g/mol. The van der Waals surface area contributed by atoms with Crippen molar-refractivity contribution in [3.05, 3.63) is 24.3 Å². The van der Waals surface area contributed by atoms with Gasteiger partial charge in [0.05, 0.1) is 4.90 Å². The minimum atomic E-state index is -3.63. The Morgan fingerprint density at radius 3 is 2.56 bits per heavy atom. The van der Waals surface area contributed by atoms with Gasteiger partial charge in [0.15, 0.2) is 0 Å². The maximum atomic E-state index is 11.1. The third-order valence-corrected chi connectivity index (χ3v) is 3.62. The van der Waals surface area contributed by atoms with Gasteiger partial charge < -0.3 is 11.1 Å². The molecule has 1 aromatic rings. The first-order chi connectivity index (χ1) is 7.45. The molecule has 0 bridgehead atoms. The number of hydrogen-bond donors (Lipinski definition) is 3. The Labute approximate surface area is 94.9 Å². The van der Waals surface area contributed by atoms with Crippen LogP contribution in [0.15, 0.2) is 29.2 Å². The van der Waals surface area contributed by atoms with Gasteiger partial charge in [0.1, 0.15) is 0 Å². The minimum absolute atomic E-state index is 0.126. The molecule has 0 aromatic heterocycles. The number of sulfonamides is 1. The molecule has 6 heteroatoms. The van der Waals surface area contributed by atoms with Crippen molar-refractivity contribution in [3.63, 3.8) is 0 Å². The number of anilines is 1. The van der Waals surface area contributed by atoms with E-state index in [9.17, 15) is 8.42 Å². The summed E-state index contributed by atoms with van der Waals surface area (Å²) in [5.74, 6) is 0.